The van der Waals surface area contributed by atoms with E-state index < -0.39 is 95.2 Å². The fourth-order valence-electron chi connectivity index (χ4n) is 7.59. The summed E-state index contributed by atoms with van der Waals surface area (Å²) in [5.74, 6) is -25.5. The van der Waals surface area contributed by atoms with Crippen LogP contribution < -0.4 is 21.5 Å². The second-order valence-electron chi connectivity index (χ2n) is 12.5. The summed E-state index contributed by atoms with van der Waals surface area (Å²) in [7, 11) is -1.61. The van der Waals surface area contributed by atoms with Crippen molar-refractivity contribution in [3.8, 4) is 0 Å². The molecule has 0 spiro atoms. The molecule has 0 bridgehead atoms. The smallest absolute Gasteiger partial charge is 0.204 e. The standard InChI is InChI=1S/C35H30BF10P/c1-14-10-16(3)34(17(4)11-14)47(35-18(5)12-15(2)13-19(35)6)21-9-7-8-20(21)36(22-24(37)28(41)32(45)29(42)25(22)38)23-26(39)30(43)33(46)31(44)27(23)40/h10-13,20-21H,7-9H2,1-6H3/t20-,21-/m1/s1. The number of hydrogen-bond acceptors (Lipinski definition) is 0. The molecule has 0 saturated heterocycles. The lowest BCUT2D eigenvalue weighted by molar-refractivity contribution is 0.381. The normalized spacial score (nSPS) is 16.4. The van der Waals surface area contributed by atoms with Crippen LogP contribution in [-0.2, 0) is 0 Å². The molecular weight excluding hydrogens is 652 g/mol. The Bertz CT molecular complexity index is 1690. The highest BCUT2D eigenvalue weighted by atomic mass is 31.1. The molecule has 0 unspecified atom stereocenters. The summed E-state index contributed by atoms with van der Waals surface area (Å²) < 4.78 is 150. The van der Waals surface area contributed by atoms with Crippen LogP contribution in [0.3, 0.4) is 0 Å². The number of benzene rings is 4. The first-order chi connectivity index (χ1) is 22.0. The van der Waals surface area contributed by atoms with Crippen LogP contribution in [0.15, 0.2) is 24.3 Å². The van der Waals surface area contributed by atoms with Gasteiger partial charge in [-0.3, -0.25) is 0 Å². The minimum Gasteiger partial charge on any atom is -0.204 e. The zero-order valence-corrected chi connectivity index (χ0v) is 27.3. The van der Waals surface area contributed by atoms with Gasteiger partial charge in [0, 0.05) is 10.9 Å². The van der Waals surface area contributed by atoms with Crippen LogP contribution in [-0.4, -0.2) is 12.4 Å². The molecule has 0 aliphatic heterocycles. The molecule has 0 aromatic heterocycles. The molecular formula is C35H30BF10P. The monoisotopic (exact) mass is 682 g/mol. The molecule has 5 rings (SSSR count). The molecule has 4 aromatic carbocycles. The molecule has 47 heavy (non-hydrogen) atoms. The molecule has 1 aliphatic rings. The van der Waals surface area contributed by atoms with Gasteiger partial charge in [-0.25, -0.2) is 43.9 Å². The van der Waals surface area contributed by atoms with E-state index in [4.69, 9.17) is 0 Å². The Labute approximate surface area is 268 Å². The molecule has 1 aliphatic carbocycles. The first kappa shape index (κ1) is 35.0. The fraction of sp³-hybridized carbons (Fsp3) is 0.314. The summed E-state index contributed by atoms with van der Waals surface area (Å²) in [5, 5.41) is 1.71. The Morgan fingerprint density at radius 2 is 0.766 bits per heavy atom. The Balaban J connectivity index is 1.90. The summed E-state index contributed by atoms with van der Waals surface area (Å²) in [4.78, 5) is 0. The molecule has 0 radical (unpaired) electrons. The van der Waals surface area contributed by atoms with Gasteiger partial charge >= 0.3 is 0 Å². The Morgan fingerprint density at radius 3 is 1.09 bits per heavy atom. The number of hydrogen-bond donors (Lipinski definition) is 0. The third-order valence-electron chi connectivity index (χ3n) is 9.15. The Hall–Kier alpha value is -3.33. The van der Waals surface area contributed by atoms with Crippen molar-refractivity contribution in [1.29, 1.82) is 0 Å². The summed E-state index contributed by atoms with van der Waals surface area (Å²) in [6, 6.07) is 7.75. The lowest BCUT2D eigenvalue weighted by atomic mass is 9.32. The van der Waals surface area contributed by atoms with Gasteiger partial charge in [0.1, 0.15) is 0 Å². The van der Waals surface area contributed by atoms with Crippen LogP contribution >= 0.6 is 7.92 Å². The maximum absolute atomic E-state index is 15.6. The predicted octanol–water partition coefficient (Wildman–Crippen LogP) is 8.59. The van der Waals surface area contributed by atoms with Crippen molar-refractivity contribution in [2.45, 2.75) is 72.3 Å². The Kier molecular flexibility index (Phi) is 9.64. The largest absolute Gasteiger partial charge is 0.229 e. The zero-order valence-electron chi connectivity index (χ0n) is 26.4. The average Bonchev–Trinajstić information content (AvgIpc) is 3.47. The van der Waals surface area contributed by atoms with E-state index in [1.54, 1.807) is 0 Å². The van der Waals surface area contributed by atoms with E-state index in [2.05, 4.69) is 0 Å². The first-order valence-electron chi connectivity index (χ1n) is 15.0. The second-order valence-corrected chi connectivity index (χ2v) is 14.8. The molecule has 2 atom stereocenters. The lowest BCUT2D eigenvalue weighted by Crippen LogP contribution is -2.55. The lowest BCUT2D eigenvalue weighted by Gasteiger charge is -2.37. The van der Waals surface area contributed by atoms with E-state index in [0.29, 0.717) is 6.42 Å². The average molecular weight is 682 g/mol. The van der Waals surface area contributed by atoms with Crippen molar-refractivity contribution in [3.05, 3.63) is 116 Å². The first-order valence-corrected chi connectivity index (χ1v) is 16.4. The van der Waals surface area contributed by atoms with Crippen LogP contribution in [0.2, 0.25) is 5.82 Å². The number of rotatable bonds is 6. The maximum Gasteiger partial charge on any atom is 0.229 e. The van der Waals surface area contributed by atoms with E-state index in [9.17, 15) is 26.3 Å². The number of aryl methyl sites for hydroxylation is 6. The van der Waals surface area contributed by atoms with Crippen molar-refractivity contribution in [3.63, 3.8) is 0 Å². The predicted molar refractivity (Wildman–Crippen MR) is 166 cm³/mol. The van der Waals surface area contributed by atoms with Crippen molar-refractivity contribution in [2.24, 2.45) is 0 Å². The molecule has 4 aromatic rings. The van der Waals surface area contributed by atoms with Gasteiger partial charge in [0.15, 0.2) is 58.2 Å². The Morgan fingerprint density at radius 1 is 0.468 bits per heavy atom. The molecule has 248 valence electrons. The SMILES string of the molecule is Cc1cc(C)c(P(c2c(C)cc(C)cc2C)[C@@H]2CCC[C@H]2B(c2c(F)c(F)c(F)c(F)c2F)c2c(F)c(F)c(F)c(F)c2F)c(C)c1. The van der Waals surface area contributed by atoms with Crippen LogP contribution in [0.1, 0.15) is 52.6 Å². The zero-order chi connectivity index (χ0) is 34.8. The van der Waals surface area contributed by atoms with E-state index in [-0.39, 0.29) is 12.8 Å². The van der Waals surface area contributed by atoms with Crippen molar-refractivity contribution >= 4 is 36.2 Å². The van der Waals surface area contributed by atoms with Crippen LogP contribution in [0.25, 0.3) is 0 Å². The van der Waals surface area contributed by atoms with Crippen molar-refractivity contribution in [1.82, 2.24) is 0 Å². The topological polar surface area (TPSA) is 0 Å². The van der Waals surface area contributed by atoms with Gasteiger partial charge in [-0.05, 0) is 100 Å². The van der Waals surface area contributed by atoms with Gasteiger partial charge in [0.05, 0.1) is 0 Å². The van der Waals surface area contributed by atoms with Gasteiger partial charge in [0.25, 0.3) is 0 Å². The highest BCUT2D eigenvalue weighted by Crippen LogP contribution is 2.55. The molecule has 0 N–H and O–H groups in total. The van der Waals surface area contributed by atoms with Crippen molar-refractivity contribution in [2.75, 3.05) is 0 Å². The van der Waals surface area contributed by atoms with E-state index in [1.807, 2.05) is 65.8 Å². The van der Waals surface area contributed by atoms with Gasteiger partial charge in [0.2, 0.25) is 6.71 Å². The van der Waals surface area contributed by atoms with E-state index in [1.165, 1.54) is 0 Å². The highest BCUT2D eigenvalue weighted by Gasteiger charge is 2.50. The summed E-state index contributed by atoms with van der Waals surface area (Å²) in [5.41, 5.74) is 1.28. The highest BCUT2D eigenvalue weighted by molar-refractivity contribution is 7.74. The van der Waals surface area contributed by atoms with Gasteiger partial charge in [-0.15, -0.1) is 0 Å². The minimum atomic E-state index is -2.51. The number of halogens is 10. The van der Waals surface area contributed by atoms with Crippen LogP contribution in [0.5, 0.6) is 0 Å². The molecule has 12 heteroatoms. The van der Waals surface area contributed by atoms with Crippen LogP contribution in [0.4, 0.5) is 43.9 Å². The molecule has 0 amide bonds. The summed E-state index contributed by atoms with van der Waals surface area (Å²) in [6.45, 7) is 8.87. The van der Waals surface area contributed by atoms with Gasteiger partial charge in [-0.1, -0.05) is 48.2 Å². The van der Waals surface area contributed by atoms with Gasteiger partial charge < -0.3 is 0 Å². The van der Waals surface area contributed by atoms with Crippen molar-refractivity contribution < 1.29 is 43.9 Å². The quantitative estimate of drug-likeness (QED) is 0.0629. The van der Waals surface area contributed by atoms with E-state index >= 15 is 17.6 Å². The summed E-state index contributed by atoms with van der Waals surface area (Å²) >= 11 is 0. The molecule has 0 heterocycles. The molecule has 0 nitrogen and oxygen atoms in total. The maximum atomic E-state index is 15.6. The second kappa shape index (κ2) is 12.9. The molecule has 1 saturated carbocycles. The third-order valence-corrected chi connectivity index (χ3v) is 12.8. The fourth-order valence-corrected chi connectivity index (χ4v) is 11.4. The van der Waals surface area contributed by atoms with E-state index in [0.717, 1.165) is 44.0 Å². The molecule has 1 fully saturated rings. The van der Waals surface area contributed by atoms with Gasteiger partial charge in [-0.2, -0.15) is 0 Å². The van der Waals surface area contributed by atoms with Crippen LogP contribution in [0, 0.1) is 99.7 Å². The summed E-state index contributed by atoms with van der Waals surface area (Å²) in [6.07, 6.45) is 0.529. The third kappa shape index (κ3) is 5.76. The minimum absolute atomic E-state index is 0.0545.